The molecule has 0 saturated heterocycles. The van der Waals surface area contributed by atoms with E-state index in [0.29, 0.717) is 6.04 Å². The highest BCUT2D eigenvalue weighted by Crippen LogP contribution is 2.02. The lowest BCUT2D eigenvalue weighted by atomic mass is 10.1. The molecular weight excluding hydrogens is 204 g/mol. The van der Waals surface area contributed by atoms with Crippen LogP contribution < -0.4 is 10.6 Å². The molecule has 0 bridgehead atoms. The van der Waals surface area contributed by atoms with Crippen molar-refractivity contribution in [1.29, 1.82) is 0 Å². The lowest BCUT2D eigenvalue weighted by molar-refractivity contribution is 0.651. The summed E-state index contributed by atoms with van der Waals surface area (Å²) in [6.45, 7) is 5.04. The smallest absolute Gasteiger partial charge is 0.166 e. The molecule has 0 radical (unpaired) electrons. The Hall–Kier alpha value is -1.09. The van der Waals surface area contributed by atoms with Crippen LogP contribution >= 0.6 is 12.2 Å². The zero-order chi connectivity index (χ0) is 11.1. The average Bonchev–Trinajstić information content (AvgIpc) is 2.19. The van der Waals surface area contributed by atoms with E-state index < -0.39 is 0 Å². The van der Waals surface area contributed by atoms with E-state index in [4.69, 9.17) is 12.2 Å². The largest absolute Gasteiger partial charge is 0.363 e. The van der Waals surface area contributed by atoms with Gasteiger partial charge in [-0.15, -0.1) is 0 Å². The first kappa shape index (κ1) is 12.0. The Kier molecular flexibility index (Phi) is 5.12. The Balaban J connectivity index is 2.36. The van der Waals surface area contributed by atoms with Crippen molar-refractivity contribution in [2.45, 2.75) is 26.3 Å². The Morgan fingerprint density at radius 2 is 2.00 bits per heavy atom. The summed E-state index contributed by atoms with van der Waals surface area (Å²) >= 11 is 5.12. The summed E-state index contributed by atoms with van der Waals surface area (Å²) in [4.78, 5) is 0. The highest BCUT2D eigenvalue weighted by molar-refractivity contribution is 7.80. The van der Waals surface area contributed by atoms with E-state index in [9.17, 15) is 0 Å². The van der Waals surface area contributed by atoms with Crippen molar-refractivity contribution in [3.63, 3.8) is 0 Å². The van der Waals surface area contributed by atoms with Crippen molar-refractivity contribution in [3.8, 4) is 0 Å². The van der Waals surface area contributed by atoms with Gasteiger partial charge in [-0.05, 0) is 38.0 Å². The maximum absolute atomic E-state index is 5.12. The van der Waals surface area contributed by atoms with E-state index in [1.165, 1.54) is 5.56 Å². The van der Waals surface area contributed by atoms with Crippen molar-refractivity contribution in [1.82, 2.24) is 10.6 Å². The standard InChI is InChI=1S/C12H18N2S/c1-3-13-12(15)14-10(2)9-11-7-5-4-6-8-11/h4-8,10H,3,9H2,1-2H3,(H2,13,14,15). The molecule has 0 aliphatic heterocycles. The van der Waals surface area contributed by atoms with Crippen LogP contribution in [0.1, 0.15) is 19.4 Å². The number of hydrogen-bond acceptors (Lipinski definition) is 1. The maximum atomic E-state index is 5.12. The van der Waals surface area contributed by atoms with Crippen LogP contribution in [0.2, 0.25) is 0 Å². The number of thiocarbonyl (C=S) groups is 1. The summed E-state index contributed by atoms with van der Waals surface area (Å²) in [6, 6.07) is 10.8. The van der Waals surface area contributed by atoms with E-state index in [0.717, 1.165) is 18.1 Å². The van der Waals surface area contributed by atoms with Crippen LogP contribution in [0, 0.1) is 0 Å². The van der Waals surface area contributed by atoms with Crippen molar-refractivity contribution in [3.05, 3.63) is 35.9 Å². The molecule has 0 heterocycles. The molecule has 1 unspecified atom stereocenters. The Morgan fingerprint density at radius 1 is 1.33 bits per heavy atom. The van der Waals surface area contributed by atoms with Gasteiger partial charge in [0, 0.05) is 12.6 Å². The molecule has 15 heavy (non-hydrogen) atoms. The molecule has 0 spiro atoms. The molecule has 1 aromatic rings. The van der Waals surface area contributed by atoms with E-state index in [1.54, 1.807) is 0 Å². The number of rotatable bonds is 4. The normalized spacial score (nSPS) is 11.9. The number of hydrogen-bond donors (Lipinski definition) is 2. The van der Waals surface area contributed by atoms with Gasteiger partial charge in [-0.1, -0.05) is 30.3 Å². The van der Waals surface area contributed by atoms with Crippen LogP contribution in [0.15, 0.2) is 30.3 Å². The number of nitrogens with one attached hydrogen (secondary N) is 2. The summed E-state index contributed by atoms with van der Waals surface area (Å²) in [5.41, 5.74) is 1.33. The Bertz CT molecular complexity index is 298. The monoisotopic (exact) mass is 222 g/mol. The van der Waals surface area contributed by atoms with E-state index in [2.05, 4.69) is 41.8 Å². The third-order valence-corrected chi connectivity index (χ3v) is 2.36. The second-order valence-corrected chi connectivity index (χ2v) is 4.00. The lowest BCUT2D eigenvalue weighted by Gasteiger charge is -2.16. The predicted molar refractivity (Wildman–Crippen MR) is 69.0 cm³/mol. The van der Waals surface area contributed by atoms with Gasteiger partial charge in [-0.25, -0.2) is 0 Å². The second kappa shape index (κ2) is 6.40. The SMILES string of the molecule is CCNC(=S)NC(C)Cc1ccccc1. The van der Waals surface area contributed by atoms with Crippen LogP contribution in [0.25, 0.3) is 0 Å². The summed E-state index contributed by atoms with van der Waals surface area (Å²) < 4.78 is 0. The van der Waals surface area contributed by atoms with Gasteiger partial charge >= 0.3 is 0 Å². The summed E-state index contributed by atoms with van der Waals surface area (Å²) in [6.07, 6.45) is 0.992. The Labute approximate surface area is 97.1 Å². The van der Waals surface area contributed by atoms with Crippen LogP contribution in [0.4, 0.5) is 0 Å². The Morgan fingerprint density at radius 3 is 2.60 bits per heavy atom. The van der Waals surface area contributed by atoms with Crippen LogP contribution in [0.5, 0.6) is 0 Å². The summed E-state index contributed by atoms with van der Waals surface area (Å²) in [5.74, 6) is 0. The van der Waals surface area contributed by atoms with Crippen LogP contribution in [-0.4, -0.2) is 17.7 Å². The van der Waals surface area contributed by atoms with Gasteiger partial charge in [0.1, 0.15) is 0 Å². The van der Waals surface area contributed by atoms with Gasteiger partial charge in [0.2, 0.25) is 0 Å². The molecule has 2 N–H and O–H groups in total. The first-order valence-corrected chi connectivity index (χ1v) is 5.71. The maximum Gasteiger partial charge on any atom is 0.166 e. The van der Waals surface area contributed by atoms with E-state index >= 15 is 0 Å². The van der Waals surface area contributed by atoms with Gasteiger partial charge in [0.15, 0.2) is 5.11 Å². The molecule has 0 aliphatic rings. The van der Waals surface area contributed by atoms with Crippen molar-refractivity contribution in [2.75, 3.05) is 6.54 Å². The minimum Gasteiger partial charge on any atom is -0.363 e. The minimum absolute atomic E-state index is 0.360. The van der Waals surface area contributed by atoms with Crippen LogP contribution in [-0.2, 0) is 6.42 Å². The quantitative estimate of drug-likeness (QED) is 0.763. The third-order valence-electron chi connectivity index (χ3n) is 2.10. The highest BCUT2D eigenvalue weighted by atomic mass is 32.1. The van der Waals surface area contributed by atoms with E-state index in [1.807, 2.05) is 13.0 Å². The van der Waals surface area contributed by atoms with Crippen molar-refractivity contribution in [2.24, 2.45) is 0 Å². The van der Waals surface area contributed by atoms with Gasteiger partial charge < -0.3 is 10.6 Å². The molecule has 1 atom stereocenters. The zero-order valence-corrected chi connectivity index (χ0v) is 10.1. The second-order valence-electron chi connectivity index (χ2n) is 3.59. The third kappa shape index (κ3) is 4.79. The molecule has 0 fully saturated rings. The first-order valence-electron chi connectivity index (χ1n) is 5.30. The molecule has 1 rings (SSSR count). The number of benzene rings is 1. The lowest BCUT2D eigenvalue weighted by Crippen LogP contribution is -2.41. The molecule has 0 amide bonds. The molecule has 0 aromatic heterocycles. The van der Waals surface area contributed by atoms with Crippen LogP contribution in [0.3, 0.4) is 0 Å². The average molecular weight is 222 g/mol. The highest BCUT2D eigenvalue weighted by Gasteiger charge is 2.03. The molecule has 3 heteroatoms. The fraction of sp³-hybridized carbons (Fsp3) is 0.417. The summed E-state index contributed by atoms with van der Waals surface area (Å²) in [5, 5.41) is 7.07. The first-order chi connectivity index (χ1) is 7.22. The predicted octanol–water partition coefficient (Wildman–Crippen LogP) is 2.10. The van der Waals surface area contributed by atoms with Gasteiger partial charge in [0.05, 0.1) is 0 Å². The van der Waals surface area contributed by atoms with Gasteiger partial charge in [-0.2, -0.15) is 0 Å². The van der Waals surface area contributed by atoms with E-state index in [-0.39, 0.29) is 0 Å². The molecule has 0 aliphatic carbocycles. The molecule has 1 aromatic carbocycles. The molecular formula is C12H18N2S. The minimum atomic E-state index is 0.360. The summed E-state index contributed by atoms with van der Waals surface area (Å²) in [7, 11) is 0. The fourth-order valence-corrected chi connectivity index (χ4v) is 1.80. The molecule has 0 saturated carbocycles. The van der Waals surface area contributed by atoms with Gasteiger partial charge in [0.25, 0.3) is 0 Å². The molecule has 82 valence electrons. The fourth-order valence-electron chi connectivity index (χ4n) is 1.45. The van der Waals surface area contributed by atoms with Gasteiger partial charge in [-0.3, -0.25) is 0 Å². The topological polar surface area (TPSA) is 24.1 Å². The molecule has 2 nitrogen and oxygen atoms in total. The zero-order valence-electron chi connectivity index (χ0n) is 9.29. The van der Waals surface area contributed by atoms with Crippen molar-refractivity contribution < 1.29 is 0 Å². The van der Waals surface area contributed by atoms with Crippen molar-refractivity contribution >= 4 is 17.3 Å².